The van der Waals surface area contributed by atoms with Crippen molar-refractivity contribution in [2.75, 3.05) is 0 Å². The molecule has 0 aromatic heterocycles. The molecule has 0 spiro atoms. The van der Waals surface area contributed by atoms with E-state index in [9.17, 15) is 38.2 Å². The summed E-state index contributed by atoms with van der Waals surface area (Å²) in [6.07, 6.45) is 0. The zero-order valence-corrected chi connectivity index (χ0v) is 15.5. The SMILES string of the molecule is C=CS(=O)(=O)c1c[c]c(S(=O)(=O)O)c(S(=O)(=O)C=C)c1S(=O)(=O)C=C. The summed E-state index contributed by atoms with van der Waals surface area (Å²) in [6.45, 7) is 8.85. The second-order valence-corrected chi connectivity index (χ2v) is 11.1. The lowest BCUT2D eigenvalue weighted by Crippen LogP contribution is -2.16. The highest BCUT2D eigenvalue weighted by atomic mass is 32.2. The minimum atomic E-state index is -5.29. The van der Waals surface area contributed by atoms with E-state index in [1.54, 1.807) is 6.07 Å². The van der Waals surface area contributed by atoms with Crippen molar-refractivity contribution in [3.8, 4) is 0 Å². The highest BCUT2D eigenvalue weighted by Crippen LogP contribution is 2.36. The third kappa shape index (κ3) is 3.90. The Labute approximate surface area is 145 Å². The fourth-order valence-corrected chi connectivity index (χ4v) is 6.88. The minimum absolute atomic E-state index is 0.192. The molecule has 0 saturated heterocycles. The predicted octanol–water partition coefficient (Wildman–Crippen LogP) is 0.485. The van der Waals surface area contributed by atoms with E-state index in [1.807, 2.05) is 0 Å². The third-order valence-corrected chi connectivity index (χ3v) is 8.21. The molecule has 0 aliphatic rings. The molecular weight excluding hydrogens is 416 g/mol. The van der Waals surface area contributed by atoms with Gasteiger partial charge in [0, 0.05) is 22.3 Å². The Morgan fingerprint density at radius 2 is 1.16 bits per heavy atom. The largest absolute Gasteiger partial charge is 0.296 e. The Morgan fingerprint density at radius 1 is 0.760 bits per heavy atom. The number of benzene rings is 1. The summed E-state index contributed by atoms with van der Waals surface area (Å²) in [6, 6.07) is 2.17. The fraction of sp³-hybridized carbons (Fsp3) is 0. The summed E-state index contributed by atoms with van der Waals surface area (Å²) < 4.78 is 105. The highest BCUT2D eigenvalue weighted by molar-refractivity contribution is 7.99. The maximum absolute atomic E-state index is 12.2. The average molecular weight is 427 g/mol. The van der Waals surface area contributed by atoms with Gasteiger partial charge in [0.05, 0.1) is 4.90 Å². The molecule has 0 amide bonds. The molecule has 0 unspecified atom stereocenters. The molecule has 0 fully saturated rings. The molecule has 9 nitrogen and oxygen atoms in total. The van der Waals surface area contributed by atoms with Gasteiger partial charge in [-0.3, -0.25) is 4.55 Å². The van der Waals surface area contributed by atoms with Crippen LogP contribution in [0.3, 0.4) is 0 Å². The van der Waals surface area contributed by atoms with Crippen molar-refractivity contribution in [1.82, 2.24) is 0 Å². The maximum atomic E-state index is 12.2. The van der Waals surface area contributed by atoms with Gasteiger partial charge in [0.2, 0.25) is 29.5 Å². The second-order valence-electron chi connectivity index (χ2n) is 4.25. The van der Waals surface area contributed by atoms with Crippen molar-refractivity contribution in [3.05, 3.63) is 48.1 Å². The fourth-order valence-electron chi connectivity index (χ4n) is 1.66. The van der Waals surface area contributed by atoms with Gasteiger partial charge in [-0.1, -0.05) is 19.7 Å². The van der Waals surface area contributed by atoms with Gasteiger partial charge in [0.25, 0.3) is 10.1 Å². The molecule has 1 radical (unpaired) electrons. The highest BCUT2D eigenvalue weighted by Gasteiger charge is 2.36. The van der Waals surface area contributed by atoms with E-state index in [2.05, 4.69) is 19.7 Å². The number of hydrogen-bond donors (Lipinski definition) is 1. The van der Waals surface area contributed by atoms with E-state index in [0.29, 0.717) is 11.5 Å². The summed E-state index contributed by atoms with van der Waals surface area (Å²) in [7, 11) is -19.5. The summed E-state index contributed by atoms with van der Waals surface area (Å²) in [5.41, 5.74) is 0. The zero-order valence-electron chi connectivity index (χ0n) is 12.3. The number of hydrogen-bond acceptors (Lipinski definition) is 8. The van der Waals surface area contributed by atoms with Crippen molar-refractivity contribution >= 4 is 39.6 Å². The zero-order chi connectivity index (χ0) is 19.8. The molecule has 1 aromatic rings. The normalized spacial score (nSPS) is 13.2. The summed E-state index contributed by atoms with van der Waals surface area (Å²) in [5.74, 6) is 0. The van der Waals surface area contributed by atoms with E-state index in [0.717, 1.165) is 0 Å². The second kappa shape index (κ2) is 6.49. The number of sulfone groups is 3. The van der Waals surface area contributed by atoms with Crippen LogP contribution in [-0.4, -0.2) is 38.2 Å². The van der Waals surface area contributed by atoms with Gasteiger partial charge in [-0.05, 0) is 6.07 Å². The first-order valence-electron chi connectivity index (χ1n) is 5.84. The van der Waals surface area contributed by atoms with Crippen LogP contribution in [0, 0.1) is 6.07 Å². The Kier molecular flexibility index (Phi) is 5.52. The predicted molar refractivity (Wildman–Crippen MR) is 87.2 cm³/mol. The monoisotopic (exact) mass is 427 g/mol. The quantitative estimate of drug-likeness (QED) is 0.611. The van der Waals surface area contributed by atoms with E-state index in [-0.39, 0.29) is 10.8 Å². The van der Waals surface area contributed by atoms with Crippen molar-refractivity contribution in [2.45, 2.75) is 19.6 Å². The molecule has 0 heterocycles. The molecule has 1 N–H and O–H groups in total. The average Bonchev–Trinajstić information content (AvgIpc) is 2.52. The molecule has 0 aliphatic heterocycles. The standard InChI is InChI=1S/C12H11O9S4/c1-4-22(13,14)9-7-8-10(25(19,20)21)12(24(17,18)6-3)11(9)23(15,16)5-2/h4-7H,1-3H2,(H,19,20,21). The van der Waals surface area contributed by atoms with Gasteiger partial charge in [-0.25, -0.2) is 25.3 Å². The molecule has 13 heteroatoms. The van der Waals surface area contributed by atoms with Gasteiger partial charge in [0.1, 0.15) is 14.7 Å². The van der Waals surface area contributed by atoms with E-state index in [4.69, 9.17) is 0 Å². The van der Waals surface area contributed by atoms with Crippen LogP contribution in [0.5, 0.6) is 0 Å². The van der Waals surface area contributed by atoms with Crippen LogP contribution in [0.15, 0.2) is 61.6 Å². The lowest BCUT2D eigenvalue weighted by molar-refractivity contribution is 0.478. The lowest BCUT2D eigenvalue weighted by Gasteiger charge is -2.14. The van der Waals surface area contributed by atoms with Crippen LogP contribution in [0.1, 0.15) is 0 Å². The molecule has 1 rings (SSSR count). The van der Waals surface area contributed by atoms with Crippen molar-refractivity contribution in [3.63, 3.8) is 0 Å². The maximum Gasteiger partial charge on any atom is 0.296 e. The van der Waals surface area contributed by atoms with Crippen LogP contribution in [-0.2, 0) is 39.6 Å². The smallest absolute Gasteiger partial charge is 0.282 e. The lowest BCUT2D eigenvalue weighted by atomic mass is 10.3. The Bertz CT molecular complexity index is 1180. The molecule has 137 valence electrons. The molecule has 0 aliphatic carbocycles. The van der Waals surface area contributed by atoms with Gasteiger partial charge in [-0.2, -0.15) is 8.42 Å². The first-order valence-corrected chi connectivity index (χ1v) is 11.9. The van der Waals surface area contributed by atoms with E-state index >= 15 is 0 Å². The Hall–Kier alpha value is -1.80. The Balaban J connectivity index is 4.56. The van der Waals surface area contributed by atoms with E-state index in [1.165, 1.54) is 0 Å². The van der Waals surface area contributed by atoms with E-state index < -0.39 is 59.2 Å². The molecule has 0 saturated carbocycles. The molecule has 1 aromatic carbocycles. The summed E-state index contributed by atoms with van der Waals surface area (Å²) in [5, 5.41) is 0.743. The summed E-state index contributed by atoms with van der Waals surface area (Å²) in [4.78, 5) is -5.47. The molecule has 25 heavy (non-hydrogen) atoms. The van der Waals surface area contributed by atoms with Crippen LogP contribution in [0.25, 0.3) is 0 Å². The van der Waals surface area contributed by atoms with Gasteiger partial charge < -0.3 is 0 Å². The topological polar surface area (TPSA) is 157 Å². The molecule has 0 bridgehead atoms. The van der Waals surface area contributed by atoms with Crippen LogP contribution < -0.4 is 0 Å². The van der Waals surface area contributed by atoms with Crippen molar-refractivity contribution in [2.24, 2.45) is 0 Å². The summed E-state index contributed by atoms with van der Waals surface area (Å²) >= 11 is 0. The molecular formula is C12H11O9S4. The first-order chi connectivity index (χ1) is 11.2. The van der Waals surface area contributed by atoms with Crippen LogP contribution in [0.4, 0.5) is 0 Å². The first kappa shape index (κ1) is 21.2. The third-order valence-electron chi connectivity index (χ3n) is 2.76. The molecule has 0 atom stereocenters. The van der Waals surface area contributed by atoms with Gasteiger partial charge in [-0.15, -0.1) is 0 Å². The number of rotatable bonds is 7. The van der Waals surface area contributed by atoms with Crippen LogP contribution in [0.2, 0.25) is 0 Å². The van der Waals surface area contributed by atoms with Gasteiger partial charge >= 0.3 is 0 Å². The van der Waals surface area contributed by atoms with Crippen molar-refractivity contribution < 1.29 is 38.2 Å². The Morgan fingerprint density at radius 3 is 1.52 bits per heavy atom. The van der Waals surface area contributed by atoms with Crippen molar-refractivity contribution in [1.29, 1.82) is 0 Å². The van der Waals surface area contributed by atoms with Crippen LogP contribution >= 0.6 is 0 Å². The minimum Gasteiger partial charge on any atom is -0.282 e. The van der Waals surface area contributed by atoms with Gasteiger partial charge in [0.15, 0.2) is 0 Å².